The zero-order chi connectivity index (χ0) is 37.2. The van der Waals surface area contributed by atoms with Crippen LogP contribution in [-0.4, -0.2) is 35.8 Å². The van der Waals surface area contributed by atoms with Crippen LogP contribution < -0.4 is 0 Å². The van der Waals surface area contributed by atoms with Crippen molar-refractivity contribution < 1.29 is 18.5 Å². The maximum atomic E-state index is 8.00. The standard InChI is InChI=1S/C46H58NO4P/c1-29-17-30(2)22-37(21-29)45(38-23-31(3)18-32(4)24-38)42-43(49-44(9,10)48-42)46(39-25-33(5)19-34(6)26-39,40-27-35(7)20-36(8)28-40)51-52(50-45)47(11)41-15-13-12-14-16-41/h17-28,41-43H,12-16H2,1-11H3/t42-,43-/m1/s1. The highest BCUT2D eigenvalue weighted by Crippen LogP contribution is 2.66. The van der Waals surface area contributed by atoms with Crippen LogP contribution in [0, 0.1) is 55.4 Å². The summed E-state index contributed by atoms with van der Waals surface area (Å²) in [5.74, 6) is -0.927. The van der Waals surface area contributed by atoms with Gasteiger partial charge in [0.25, 0.3) is 8.53 Å². The third kappa shape index (κ3) is 6.83. The van der Waals surface area contributed by atoms with Crippen LogP contribution in [0.2, 0.25) is 0 Å². The van der Waals surface area contributed by atoms with E-state index in [2.05, 4.69) is 140 Å². The van der Waals surface area contributed by atoms with Gasteiger partial charge in [-0.2, -0.15) is 0 Å². The molecule has 2 heterocycles. The van der Waals surface area contributed by atoms with Gasteiger partial charge in [-0.3, -0.25) is 0 Å². The van der Waals surface area contributed by atoms with Crippen molar-refractivity contribution in [3.8, 4) is 0 Å². The van der Waals surface area contributed by atoms with E-state index in [1.165, 1.54) is 63.8 Å². The molecular weight excluding hydrogens is 661 g/mol. The first kappa shape index (κ1) is 37.4. The first-order chi connectivity index (χ1) is 24.6. The molecule has 3 aliphatic rings. The second-order valence-electron chi connectivity index (χ2n) is 16.7. The second-order valence-corrected chi connectivity index (χ2v) is 18.2. The predicted molar refractivity (Wildman–Crippen MR) is 213 cm³/mol. The van der Waals surface area contributed by atoms with Gasteiger partial charge in [0.05, 0.1) is 0 Å². The largest absolute Gasteiger partial charge is 0.341 e. The van der Waals surface area contributed by atoms with Crippen molar-refractivity contribution in [3.63, 3.8) is 0 Å². The first-order valence-corrected chi connectivity index (χ1v) is 20.3. The predicted octanol–water partition coefficient (Wildman–Crippen LogP) is 11.4. The van der Waals surface area contributed by atoms with E-state index in [1.807, 2.05) is 13.8 Å². The molecule has 1 saturated carbocycles. The molecule has 3 fully saturated rings. The minimum Gasteiger partial charge on any atom is -0.341 e. The van der Waals surface area contributed by atoms with Crippen molar-refractivity contribution >= 4 is 8.53 Å². The Labute approximate surface area is 314 Å². The molecule has 0 N–H and O–H groups in total. The summed E-state index contributed by atoms with van der Waals surface area (Å²) in [7, 11) is 0.520. The fraction of sp³-hybridized carbons (Fsp3) is 0.478. The van der Waals surface area contributed by atoms with Crippen LogP contribution in [0.4, 0.5) is 0 Å². The summed E-state index contributed by atoms with van der Waals surface area (Å²) in [6, 6.07) is 27.7. The highest BCUT2D eigenvalue weighted by Gasteiger charge is 2.67. The van der Waals surface area contributed by atoms with Gasteiger partial charge in [-0.15, -0.1) is 0 Å². The fourth-order valence-corrected chi connectivity index (χ4v) is 11.3. The minimum atomic E-state index is -1.71. The molecule has 0 bridgehead atoms. The van der Waals surface area contributed by atoms with Crippen LogP contribution >= 0.6 is 8.53 Å². The summed E-state index contributed by atoms with van der Waals surface area (Å²) in [5, 5.41) is 0. The van der Waals surface area contributed by atoms with Crippen LogP contribution in [0.3, 0.4) is 0 Å². The van der Waals surface area contributed by atoms with E-state index in [4.69, 9.17) is 18.5 Å². The van der Waals surface area contributed by atoms with Gasteiger partial charge in [-0.05, 0) is 111 Å². The molecule has 1 aliphatic carbocycles. The van der Waals surface area contributed by atoms with Crippen LogP contribution in [0.1, 0.15) is 113 Å². The topological polar surface area (TPSA) is 40.2 Å². The van der Waals surface area contributed by atoms with Crippen molar-refractivity contribution in [2.45, 2.75) is 137 Å². The summed E-state index contributed by atoms with van der Waals surface area (Å²) >= 11 is 0. The lowest BCUT2D eigenvalue weighted by molar-refractivity contribution is -0.175. The van der Waals surface area contributed by atoms with Crippen molar-refractivity contribution in [1.82, 2.24) is 4.67 Å². The molecule has 0 radical (unpaired) electrons. The smallest absolute Gasteiger partial charge is 0.261 e. The van der Waals surface area contributed by atoms with Gasteiger partial charge < -0.3 is 18.5 Å². The monoisotopic (exact) mass is 719 g/mol. The lowest BCUT2D eigenvalue weighted by Crippen LogP contribution is -2.53. The Morgan fingerprint density at radius 3 is 1.06 bits per heavy atom. The maximum absolute atomic E-state index is 8.00. The van der Waals surface area contributed by atoms with Crippen molar-refractivity contribution in [2.24, 2.45) is 0 Å². The SMILES string of the molecule is Cc1cc(C)cc(C2(c3cc(C)cc(C)c3)OP(N(C)C3CCCCC3)OC(c3cc(C)cc(C)c3)(c3cc(C)cc(C)c3)[C@@H]3OC(C)(C)O[C@H]32)c1. The molecule has 0 spiro atoms. The third-order valence-corrected chi connectivity index (χ3v) is 13.0. The normalized spacial score (nSPS) is 23.1. The maximum Gasteiger partial charge on any atom is 0.261 e. The second kappa shape index (κ2) is 14.1. The van der Waals surface area contributed by atoms with Crippen LogP contribution in [0.15, 0.2) is 72.8 Å². The lowest BCUT2D eigenvalue weighted by atomic mass is 9.70. The Kier molecular flexibility index (Phi) is 10.1. The molecule has 52 heavy (non-hydrogen) atoms. The molecular formula is C46H58NO4P. The van der Waals surface area contributed by atoms with Gasteiger partial charge in [0.2, 0.25) is 0 Å². The molecule has 2 aliphatic heterocycles. The van der Waals surface area contributed by atoms with Crippen molar-refractivity contribution in [2.75, 3.05) is 7.05 Å². The average Bonchev–Trinajstić information content (AvgIpc) is 3.32. The molecule has 0 aromatic heterocycles. The zero-order valence-corrected chi connectivity index (χ0v) is 34.1. The molecule has 2 saturated heterocycles. The van der Waals surface area contributed by atoms with Crippen LogP contribution in [0.5, 0.6) is 0 Å². The Morgan fingerprint density at radius 1 is 0.481 bits per heavy atom. The summed E-state index contributed by atoms with van der Waals surface area (Å²) < 4.78 is 33.2. The minimum absolute atomic E-state index is 0.337. The van der Waals surface area contributed by atoms with Gasteiger partial charge in [0.15, 0.2) is 17.0 Å². The first-order valence-electron chi connectivity index (χ1n) is 19.2. The molecule has 0 unspecified atom stereocenters. The molecule has 0 amide bonds. The quantitative estimate of drug-likeness (QED) is 0.186. The molecule has 2 atom stereocenters. The van der Waals surface area contributed by atoms with E-state index in [-0.39, 0.29) is 0 Å². The fourth-order valence-electron chi connectivity index (χ4n) is 9.40. The van der Waals surface area contributed by atoms with Gasteiger partial charge >= 0.3 is 0 Å². The molecule has 4 aromatic rings. The van der Waals surface area contributed by atoms with E-state index in [0.29, 0.717) is 6.04 Å². The highest BCUT2D eigenvalue weighted by atomic mass is 31.2. The number of benzene rings is 4. The van der Waals surface area contributed by atoms with Gasteiger partial charge in [-0.1, -0.05) is 137 Å². The highest BCUT2D eigenvalue weighted by molar-refractivity contribution is 7.44. The average molecular weight is 720 g/mol. The molecule has 5 nitrogen and oxygen atoms in total. The van der Waals surface area contributed by atoms with E-state index in [9.17, 15) is 0 Å². The van der Waals surface area contributed by atoms with Crippen molar-refractivity contribution in [1.29, 1.82) is 0 Å². The number of hydrogen-bond donors (Lipinski definition) is 0. The number of rotatable bonds is 6. The van der Waals surface area contributed by atoms with Crippen molar-refractivity contribution in [3.05, 3.63) is 140 Å². The lowest BCUT2D eigenvalue weighted by Gasteiger charge is -2.43. The van der Waals surface area contributed by atoms with E-state index >= 15 is 0 Å². The summed E-state index contributed by atoms with van der Waals surface area (Å²) in [5.41, 5.74) is 11.6. The Balaban J connectivity index is 1.63. The van der Waals surface area contributed by atoms with E-state index < -0.39 is 37.7 Å². The Bertz CT molecular complexity index is 1650. The van der Waals surface area contributed by atoms with Gasteiger partial charge in [0.1, 0.15) is 12.2 Å². The number of hydrogen-bond acceptors (Lipinski definition) is 5. The molecule has 7 rings (SSSR count). The number of ether oxygens (including phenoxy) is 2. The molecule has 6 heteroatoms. The number of fused-ring (bicyclic) bond motifs is 1. The van der Waals surface area contributed by atoms with Crippen LogP contribution in [-0.2, 0) is 29.7 Å². The number of nitrogens with zero attached hydrogens (tertiary/aromatic N) is 1. The van der Waals surface area contributed by atoms with E-state index in [0.717, 1.165) is 35.1 Å². The molecule has 4 aromatic carbocycles. The molecule has 276 valence electrons. The van der Waals surface area contributed by atoms with Gasteiger partial charge in [0, 0.05) is 6.04 Å². The van der Waals surface area contributed by atoms with E-state index in [1.54, 1.807) is 0 Å². The van der Waals surface area contributed by atoms with Gasteiger partial charge in [-0.25, -0.2) is 4.67 Å². The summed E-state index contributed by atoms with van der Waals surface area (Å²) in [6.07, 6.45) is 4.77. The van der Waals surface area contributed by atoms with Crippen LogP contribution in [0.25, 0.3) is 0 Å². The Morgan fingerprint density at radius 2 is 0.769 bits per heavy atom. The summed E-state index contributed by atoms with van der Waals surface area (Å²) in [4.78, 5) is 0. The Hall–Kier alpha value is -2.89. The zero-order valence-electron chi connectivity index (χ0n) is 33.2. The third-order valence-electron chi connectivity index (χ3n) is 11.3. The summed E-state index contributed by atoms with van der Waals surface area (Å²) in [6.45, 7) is 21.5. The number of aryl methyl sites for hydroxylation is 8.